The van der Waals surface area contributed by atoms with Gasteiger partial charge in [0.25, 0.3) is 0 Å². The van der Waals surface area contributed by atoms with Gasteiger partial charge >= 0.3 is 120 Å². The molecule has 1 N–H and O–H groups in total. The van der Waals surface area contributed by atoms with E-state index in [0.717, 1.165) is 0 Å². The van der Waals surface area contributed by atoms with Crippen molar-refractivity contribution in [1.82, 2.24) is 0 Å². The summed E-state index contributed by atoms with van der Waals surface area (Å²) < 4.78 is 3.07. The van der Waals surface area contributed by atoms with Gasteiger partial charge in [-0.05, 0) is 0 Å². The average molecular weight is 549 g/mol. The zero-order chi connectivity index (χ0) is 11.2. The zero-order valence-corrected chi connectivity index (χ0v) is 14.9. The quantitative estimate of drug-likeness (QED) is 0.394. The van der Waals surface area contributed by atoms with Crippen molar-refractivity contribution in [1.29, 1.82) is 0 Å². The van der Waals surface area contributed by atoms with Crippen LogP contribution >= 0.6 is 37.4 Å². The molecule has 3 rings (SSSR count). The van der Waals surface area contributed by atoms with Gasteiger partial charge in [0.05, 0.1) is 0 Å². The van der Waals surface area contributed by atoms with Gasteiger partial charge in [0.15, 0.2) is 0 Å². The summed E-state index contributed by atoms with van der Waals surface area (Å²) in [5.74, 6) is 0. The van der Waals surface area contributed by atoms with Gasteiger partial charge in [-0.1, -0.05) is 0 Å². The number of anilines is 2. The van der Waals surface area contributed by atoms with Crippen LogP contribution in [0, 0.1) is 0 Å². The van der Waals surface area contributed by atoms with Crippen LogP contribution in [-0.4, -0.2) is 10.3 Å². The first-order chi connectivity index (χ1) is 7.69. The monoisotopic (exact) mass is 551 g/mol. The molecule has 0 bridgehead atoms. The van der Waals surface area contributed by atoms with Gasteiger partial charge in [-0.25, -0.2) is 0 Å². The second kappa shape index (κ2) is 4.30. The average Bonchev–Trinajstić information content (AvgIpc) is 2.29. The van der Waals surface area contributed by atoms with E-state index in [1.807, 2.05) is 0 Å². The summed E-state index contributed by atoms with van der Waals surface area (Å²) in [7, 11) is -2.13. The number of fused-ring (bicyclic) bond motifs is 2. The van der Waals surface area contributed by atoms with Crippen LogP contribution in [0.25, 0.3) is 0 Å². The molecular weight excluding hydrogens is 540 g/mol. The third-order valence-electron chi connectivity index (χ3n) is 2.60. The standard InChI is InChI=1S/C12H9I2NTe/c13-16(14)11-7-3-1-5-9(11)15-10-6-2-4-8-12(10)16/h1-8,15H. The van der Waals surface area contributed by atoms with E-state index in [-0.39, 0.29) is 0 Å². The fourth-order valence-corrected chi connectivity index (χ4v) is 16.5. The van der Waals surface area contributed by atoms with Crippen LogP contribution in [0.3, 0.4) is 0 Å². The Morgan fingerprint density at radius 1 is 0.750 bits per heavy atom. The zero-order valence-electron chi connectivity index (χ0n) is 8.28. The summed E-state index contributed by atoms with van der Waals surface area (Å²) in [6.07, 6.45) is 0. The molecule has 0 atom stereocenters. The molecule has 0 fully saturated rings. The van der Waals surface area contributed by atoms with Crippen molar-refractivity contribution in [2.45, 2.75) is 0 Å². The van der Waals surface area contributed by atoms with Crippen molar-refractivity contribution in [3.63, 3.8) is 0 Å². The molecule has 1 heterocycles. The first kappa shape index (κ1) is 11.6. The summed E-state index contributed by atoms with van der Waals surface area (Å²) in [6, 6.07) is 17.4. The molecule has 1 aliphatic heterocycles. The molecule has 16 heavy (non-hydrogen) atoms. The molecule has 0 unspecified atom stereocenters. The summed E-state index contributed by atoms with van der Waals surface area (Å²) in [4.78, 5) is 0. The molecule has 0 saturated carbocycles. The van der Waals surface area contributed by atoms with Crippen molar-refractivity contribution >= 4 is 66.3 Å². The molecule has 0 radical (unpaired) electrons. The molecule has 1 aliphatic rings. The molecule has 2 aromatic rings. The van der Waals surface area contributed by atoms with Gasteiger partial charge < -0.3 is 0 Å². The Balaban J connectivity index is 2.28. The number of nitrogens with one attached hydrogen (secondary N) is 1. The number of para-hydroxylation sites is 2. The van der Waals surface area contributed by atoms with Gasteiger partial charge in [0.1, 0.15) is 0 Å². The van der Waals surface area contributed by atoms with E-state index in [2.05, 4.69) is 91.2 Å². The minimum atomic E-state index is -2.13. The molecule has 0 aromatic heterocycles. The summed E-state index contributed by atoms with van der Waals surface area (Å²) in [6.45, 7) is 0. The topological polar surface area (TPSA) is 12.0 Å². The van der Waals surface area contributed by atoms with E-state index < -0.39 is 10.3 Å². The molecule has 0 saturated heterocycles. The van der Waals surface area contributed by atoms with Gasteiger partial charge in [-0.2, -0.15) is 0 Å². The molecule has 1 nitrogen and oxygen atoms in total. The SMILES string of the molecule is I[Te]1(I)c2ccccc2Nc2ccccc21. The number of halogens is 2. The summed E-state index contributed by atoms with van der Waals surface area (Å²) >= 11 is 5.42. The Morgan fingerprint density at radius 3 is 1.69 bits per heavy atom. The van der Waals surface area contributed by atoms with E-state index in [9.17, 15) is 0 Å². The molecule has 0 amide bonds. The fraction of sp³-hybridized carbons (Fsp3) is 0. The molecule has 82 valence electrons. The maximum absolute atomic E-state index is 3.53. The molecule has 2 aromatic carbocycles. The van der Waals surface area contributed by atoms with Crippen molar-refractivity contribution in [2.24, 2.45) is 0 Å². The fourth-order valence-electron chi connectivity index (χ4n) is 1.85. The van der Waals surface area contributed by atoms with E-state index in [1.54, 1.807) is 0 Å². The minimum absolute atomic E-state index is 1.30. The van der Waals surface area contributed by atoms with Crippen LogP contribution in [0.4, 0.5) is 11.4 Å². The first-order valence-electron chi connectivity index (χ1n) is 4.87. The predicted octanol–water partition coefficient (Wildman–Crippen LogP) is 3.17. The van der Waals surface area contributed by atoms with Gasteiger partial charge in [-0.15, -0.1) is 0 Å². The third-order valence-corrected chi connectivity index (χ3v) is 20.5. The Hall–Kier alpha value is 0.490. The van der Waals surface area contributed by atoms with Gasteiger partial charge in [0.2, 0.25) is 0 Å². The Morgan fingerprint density at radius 2 is 1.19 bits per heavy atom. The molecule has 4 heteroatoms. The van der Waals surface area contributed by atoms with Crippen LogP contribution in [0.15, 0.2) is 48.5 Å². The second-order valence-electron chi connectivity index (χ2n) is 3.59. The normalized spacial score (nSPS) is 17.9. The van der Waals surface area contributed by atoms with Crippen LogP contribution in [-0.2, 0) is 0 Å². The van der Waals surface area contributed by atoms with E-state index in [0.29, 0.717) is 0 Å². The van der Waals surface area contributed by atoms with Crippen LogP contribution in [0.1, 0.15) is 0 Å². The van der Waals surface area contributed by atoms with E-state index in [4.69, 9.17) is 0 Å². The Kier molecular flexibility index (Phi) is 3.11. The van der Waals surface area contributed by atoms with E-state index in [1.165, 1.54) is 18.6 Å². The summed E-state index contributed by atoms with van der Waals surface area (Å²) in [5.41, 5.74) is 2.59. The first-order valence-corrected chi connectivity index (χ1v) is 20.8. The predicted molar refractivity (Wildman–Crippen MR) is 89.2 cm³/mol. The van der Waals surface area contributed by atoms with Crippen molar-refractivity contribution in [3.05, 3.63) is 48.5 Å². The third kappa shape index (κ3) is 1.78. The van der Waals surface area contributed by atoms with Crippen LogP contribution in [0.2, 0.25) is 0 Å². The van der Waals surface area contributed by atoms with Gasteiger partial charge in [0, 0.05) is 0 Å². The Bertz CT molecular complexity index is 507. The number of hydrogen-bond acceptors (Lipinski definition) is 1. The number of benzene rings is 2. The number of rotatable bonds is 0. The Labute approximate surface area is 118 Å². The van der Waals surface area contributed by atoms with Crippen LogP contribution < -0.4 is 12.5 Å². The summed E-state index contributed by atoms with van der Waals surface area (Å²) in [5, 5.41) is 3.53. The van der Waals surface area contributed by atoms with Crippen molar-refractivity contribution in [2.75, 3.05) is 5.32 Å². The van der Waals surface area contributed by atoms with E-state index >= 15 is 0 Å². The van der Waals surface area contributed by atoms with Crippen molar-refractivity contribution in [3.8, 4) is 0 Å². The van der Waals surface area contributed by atoms with Crippen molar-refractivity contribution < 1.29 is 0 Å². The number of hydrogen-bond donors (Lipinski definition) is 1. The van der Waals surface area contributed by atoms with Gasteiger partial charge in [-0.3, -0.25) is 0 Å². The molecule has 0 spiro atoms. The molecule has 0 aliphatic carbocycles. The second-order valence-corrected chi connectivity index (χ2v) is 37.8. The maximum atomic E-state index is 3.53. The van der Waals surface area contributed by atoms with Crippen LogP contribution in [0.5, 0.6) is 0 Å². The molecular formula is C12H9I2NTe.